The number of nitrogens with one attached hydrogen (secondary N) is 2. The Kier molecular flexibility index (Phi) is 3.75. The van der Waals surface area contributed by atoms with E-state index in [9.17, 15) is 4.79 Å². The van der Waals surface area contributed by atoms with Crippen molar-refractivity contribution in [3.05, 3.63) is 47.4 Å². The van der Waals surface area contributed by atoms with Crippen LogP contribution in [0.25, 0.3) is 10.9 Å². The number of aromatic nitrogens is 3. The molecule has 1 saturated heterocycles. The Bertz CT molecular complexity index is 919. The summed E-state index contributed by atoms with van der Waals surface area (Å²) < 4.78 is 2.06. The molecule has 3 heterocycles. The monoisotopic (exact) mass is 337 g/mol. The summed E-state index contributed by atoms with van der Waals surface area (Å²) in [5.41, 5.74) is 5.12. The van der Waals surface area contributed by atoms with Gasteiger partial charge in [0.1, 0.15) is 0 Å². The Labute approximate surface area is 146 Å². The van der Waals surface area contributed by atoms with Crippen LogP contribution in [0, 0.1) is 13.8 Å². The molecule has 1 atom stereocenters. The minimum atomic E-state index is -0.0453. The number of urea groups is 1. The third-order valence-corrected chi connectivity index (χ3v) is 5.17. The molecule has 1 aromatic carbocycles. The van der Waals surface area contributed by atoms with Crippen molar-refractivity contribution in [2.75, 3.05) is 11.9 Å². The molecule has 1 aliphatic heterocycles. The first-order chi connectivity index (χ1) is 12.0. The van der Waals surface area contributed by atoms with Crippen LogP contribution < -0.4 is 5.32 Å². The van der Waals surface area contributed by atoms with Crippen molar-refractivity contribution >= 4 is 22.6 Å². The lowest BCUT2D eigenvalue weighted by Gasteiger charge is -2.25. The first kappa shape index (κ1) is 15.7. The van der Waals surface area contributed by atoms with Crippen LogP contribution in [0.5, 0.6) is 0 Å². The fourth-order valence-electron chi connectivity index (χ4n) is 3.90. The van der Waals surface area contributed by atoms with Crippen LogP contribution in [0.3, 0.4) is 0 Å². The fraction of sp³-hybridized carbons (Fsp3) is 0.368. The predicted molar refractivity (Wildman–Crippen MR) is 98.7 cm³/mol. The molecule has 2 aromatic heterocycles. The molecule has 4 rings (SSSR count). The number of carbonyl (C=O) groups excluding carboxylic acids is 1. The van der Waals surface area contributed by atoms with Gasteiger partial charge in [-0.1, -0.05) is 6.07 Å². The zero-order chi connectivity index (χ0) is 17.6. The molecule has 0 spiro atoms. The SMILES string of the molecule is Cc1n[nH]c(C)c1[C@@H]1CCCN1C(=O)Nc1ccc2ccn(C)c2c1. The summed E-state index contributed by atoms with van der Waals surface area (Å²) in [7, 11) is 2.01. The second-order valence-corrected chi connectivity index (χ2v) is 6.83. The second-order valence-electron chi connectivity index (χ2n) is 6.83. The minimum Gasteiger partial charge on any atom is -0.350 e. The van der Waals surface area contributed by atoms with Gasteiger partial charge in [0.05, 0.1) is 11.7 Å². The van der Waals surface area contributed by atoms with E-state index in [0.29, 0.717) is 0 Å². The van der Waals surface area contributed by atoms with E-state index in [4.69, 9.17) is 0 Å². The number of H-pyrrole nitrogens is 1. The van der Waals surface area contributed by atoms with Crippen LogP contribution in [-0.2, 0) is 7.05 Å². The van der Waals surface area contributed by atoms with Crippen molar-refractivity contribution in [1.29, 1.82) is 0 Å². The van der Waals surface area contributed by atoms with Crippen molar-refractivity contribution in [2.24, 2.45) is 7.05 Å². The van der Waals surface area contributed by atoms with Crippen LogP contribution in [-0.4, -0.2) is 32.2 Å². The number of hydrogen-bond acceptors (Lipinski definition) is 2. The third kappa shape index (κ3) is 2.67. The highest BCUT2D eigenvalue weighted by Crippen LogP contribution is 2.35. The maximum absolute atomic E-state index is 12.9. The molecule has 0 saturated carbocycles. The molecule has 25 heavy (non-hydrogen) atoms. The van der Waals surface area contributed by atoms with Crippen molar-refractivity contribution < 1.29 is 4.79 Å². The average molecular weight is 337 g/mol. The smallest absolute Gasteiger partial charge is 0.322 e. The van der Waals surface area contributed by atoms with Gasteiger partial charge in [0.2, 0.25) is 0 Å². The summed E-state index contributed by atoms with van der Waals surface area (Å²) >= 11 is 0. The Morgan fingerprint density at radius 3 is 2.92 bits per heavy atom. The largest absolute Gasteiger partial charge is 0.350 e. The molecule has 1 aliphatic rings. The number of anilines is 1. The molecule has 6 heteroatoms. The van der Waals surface area contributed by atoms with Gasteiger partial charge in [-0.3, -0.25) is 5.10 Å². The van der Waals surface area contributed by atoms with E-state index >= 15 is 0 Å². The number of carbonyl (C=O) groups is 1. The lowest BCUT2D eigenvalue weighted by atomic mass is 10.0. The summed E-state index contributed by atoms with van der Waals surface area (Å²) in [6.07, 6.45) is 4.02. The molecular formula is C19H23N5O. The standard InChI is InChI=1S/C19H23N5O/c1-12-18(13(2)22-21-12)16-5-4-9-24(16)19(25)20-15-7-6-14-8-10-23(3)17(14)11-15/h6-8,10-11,16H,4-5,9H2,1-3H3,(H,20,25)(H,21,22)/t16-/m0/s1. The predicted octanol–water partition coefficient (Wildman–Crippen LogP) is 3.89. The van der Waals surface area contributed by atoms with Gasteiger partial charge in [0, 0.05) is 42.3 Å². The first-order valence-corrected chi connectivity index (χ1v) is 8.69. The lowest BCUT2D eigenvalue weighted by Crippen LogP contribution is -2.34. The number of nitrogens with zero attached hydrogens (tertiary/aromatic N) is 3. The number of rotatable bonds is 2. The van der Waals surface area contributed by atoms with Gasteiger partial charge in [0.15, 0.2) is 0 Å². The summed E-state index contributed by atoms with van der Waals surface area (Å²) in [5, 5.41) is 11.6. The molecule has 2 N–H and O–H groups in total. The molecule has 130 valence electrons. The summed E-state index contributed by atoms with van der Waals surface area (Å²) in [4.78, 5) is 14.8. The van der Waals surface area contributed by atoms with E-state index in [-0.39, 0.29) is 12.1 Å². The van der Waals surface area contributed by atoms with E-state index in [2.05, 4.69) is 26.1 Å². The van der Waals surface area contributed by atoms with Gasteiger partial charge in [-0.05, 0) is 50.3 Å². The summed E-state index contributed by atoms with van der Waals surface area (Å²) in [6.45, 7) is 4.79. The molecule has 6 nitrogen and oxygen atoms in total. The number of aromatic amines is 1. The number of hydrogen-bond donors (Lipinski definition) is 2. The van der Waals surface area contributed by atoms with Crippen LogP contribution in [0.2, 0.25) is 0 Å². The highest BCUT2D eigenvalue weighted by molar-refractivity contribution is 5.93. The van der Waals surface area contributed by atoms with Gasteiger partial charge >= 0.3 is 6.03 Å². The van der Waals surface area contributed by atoms with Crippen molar-refractivity contribution in [1.82, 2.24) is 19.7 Å². The second kappa shape index (κ2) is 5.95. The molecular weight excluding hydrogens is 314 g/mol. The zero-order valence-electron chi connectivity index (χ0n) is 14.8. The van der Waals surface area contributed by atoms with Gasteiger partial charge in [-0.2, -0.15) is 5.10 Å². The van der Waals surface area contributed by atoms with Crippen LogP contribution in [0.1, 0.15) is 35.8 Å². The highest BCUT2D eigenvalue weighted by Gasteiger charge is 2.33. The molecule has 0 radical (unpaired) electrons. The normalized spacial score (nSPS) is 17.4. The number of benzene rings is 1. The summed E-state index contributed by atoms with van der Waals surface area (Å²) in [6, 6.07) is 8.14. The molecule has 0 bridgehead atoms. The highest BCUT2D eigenvalue weighted by atomic mass is 16.2. The molecule has 2 amide bonds. The van der Waals surface area contributed by atoms with E-state index in [1.807, 2.05) is 50.2 Å². The van der Waals surface area contributed by atoms with Crippen molar-refractivity contribution in [3.8, 4) is 0 Å². The average Bonchev–Trinajstić information content (AvgIpc) is 3.28. The van der Waals surface area contributed by atoms with Gasteiger partial charge in [-0.25, -0.2) is 4.79 Å². The molecule has 0 unspecified atom stereocenters. The Morgan fingerprint density at radius 1 is 1.32 bits per heavy atom. The molecule has 0 aliphatic carbocycles. The van der Waals surface area contributed by atoms with Crippen LogP contribution in [0.4, 0.5) is 10.5 Å². The Morgan fingerprint density at radius 2 is 2.16 bits per heavy atom. The first-order valence-electron chi connectivity index (χ1n) is 8.69. The van der Waals surface area contributed by atoms with E-state index < -0.39 is 0 Å². The van der Waals surface area contributed by atoms with Gasteiger partial charge in [0.25, 0.3) is 0 Å². The van der Waals surface area contributed by atoms with E-state index in [1.165, 1.54) is 5.39 Å². The van der Waals surface area contributed by atoms with Crippen molar-refractivity contribution in [2.45, 2.75) is 32.7 Å². The lowest BCUT2D eigenvalue weighted by molar-refractivity contribution is 0.207. The number of fused-ring (bicyclic) bond motifs is 1. The van der Waals surface area contributed by atoms with Crippen LogP contribution in [0.15, 0.2) is 30.5 Å². The summed E-state index contributed by atoms with van der Waals surface area (Å²) in [5.74, 6) is 0. The maximum Gasteiger partial charge on any atom is 0.322 e. The van der Waals surface area contributed by atoms with Crippen molar-refractivity contribution in [3.63, 3.8) is 0 Å². The Balaban J connectivity index is 1.58. The van der Waals surface area contributed by atoms with Crippen LogP contribution >= 0.6 is 0 Å². The number of amides is 2. The fourth-order valence-corrected chi connectivity index (χ4v) is 3.90. The van der Waals surface area contributed by atoms with E-state index in [1.54, 1.807) is 0 Å². The Hall–Kier alpha value is -2.76. The maximum atomic E-state index is 12.9. The number of likely N-dealkylation sites (tertiary alicyclic amines) is 1. The topological polar surface area (TPSA) is 66.0 Å². The quantitative estimate of drug-likeness (QED) is 0.745. The van der Waals surface area contributed by atoms with E-state index in [0.717, 1.165) is 47.5 Å². The molecule has 1 fully saturated rings. The van der Waals surface area contributed by atoms with Gasteiger partial charge < -0.3 is 14.8 Å². The third-order valence-electron chi connectivity index (χ3n) is 5.17. The van der Waals surface area contributed by atoms with Gasteiger partial charge in [-0.15, -0.1) is 0 Å². The number of aryl methyl sites for hydroxylation is 3. The minimum absolute atomic E-state index is 0.0453. The molecule has 3 aromatic rings. The zero-order valence-corrected chi connectivity index (χ0v) is 14.8.